The topological polar surface area (TPSA) is 96.2 Å². The van der Waals surface area contributed by atoms with Crippen molar-refractivity contribution in [3.05, 3.63) is 70.5 Å². The lowest BCUT2D eigenvalue weighted by Crippen LogP contribution is -2.71. The molecule has 204 valence electrons. The zero-order chi connectivity index (χ0) is 27.6. The summed E-state index contributed by atoms with van der Waals surface area (Å²) in [5.74, 6) is -1.06. The van der Waals surface area contributed by atoms with Crippen LogP contribution in [0.1, 0.15) is 35.1 Å². The highest BCUT2D eigenvalue weighted by molar-refractivity contribution is 5.90. The molecule has 38 heavy (non-hydrogen) atoms. The fraction of sp³-hybridized carbons (Fsp3) is 0.423. The molecule has 0 radical (unpaired) electrons. The molecule has 2 N–H and O–H groups in total. The van der Waals surface area contributed by atoms with Crippen LogP contribution in [0.15, 0.2) is 42.5 Å². The average molecular weight is 537 g/mol. The quantitative estimate of drug-likeness (QED) is 0.571. The molecule has 0 unspecified atom stereocenters. The van der Waals surface area contributed by atoms with E-state index in [-0.39, 0.29) is 56.4 Å². The Morgan fingerprint density at radius 2 is 1.82 bits per heavy atom. The number of halogens is 4. The predicted octanol–water partition coefficient (Wildman–Crippen LogP) is 3.41. The number of fused-ring (bicyclic) bond motifs is 1. The van der Waals surface area contributed by atoms with Crippen molar-refractivity contribution in [3.8, 4) is 0 Å². The standard InChI is InChI=1S/C26H28F4N4O4/c1-16-10-18(12-19(11-16)26(28,29)30)15-38-25(37)33-9-7-23(35)34-21(6-8-31)24(36)32(14-22(33)34)13-17-2-4-20(27)5-3-17/h2-5,10-12,21-22H,6-9,13-15,31H2,1H3/t21-,22+/m0/s1. The Morgan fingerprint density at radius 3 is 2.47 bits per heavy atom. The first-order valence-electron chi connectivity index (χ1n) is 12.1. The molecule has 0 spiro atoms. The molecule has 12 heteroatoms. The van der Waals surface area contributed by atoms with Crippen molar-refractivity contribution in [3.63, 3.8) is 0 Å². The summed E-state index contributed by atoms with van der Waals surface area (Å²) in [6.07, 6.45) is -6.07. The second kappa shape index (κ2) is 11.0. The van der Waals surface area contributed by atoms with Crippen molar-refractivity contribution in [2.75, 3.05) is 19.6 Å². The summed E-state index contributed by atoms with van der Waals surface area (Å²) in [6.45, 7) is 1.38. The minimum absolute atomic E-state index is 0.0131. The number of carbonyl (C=O) groups excluding carboxylic acids is 3. The molecule has 3 amide bonds. The molecular weight excluding hydrogens is 508 g/mol. The lowest BCUT2D eigenvalue weighted by Gasteiger charge is -2.51. The van der Waals surface area contributed by atoms with Crippen LogP contribution < -0.4 is 5.73 Å². The van der Waals surface area contributed by atoms with Crippen LogP contribution in [0.3, 0.4) is 0 Å². The summed E-state index contributed by atoms with van der Waals surface area (Å²) >= 11 is 0. The normalized spacial score (nSPS) is 20.0. The lowest BCUT2D eigenvalue weighted by molar-refractivity contribution is -0.168. The Kier molecular flexibility index (Phi) is 7.91. The third-order valence-corrected chi connectivity index (χ3v) is 6.64. The second-order valence-electron chi connectivity index (χ2n) is 9.42. The maximum atomic E-state index is 13.4. The zero-order valence-corrected chi connectivity index (χ0v) is 20.7. The van der Waals surface area contributed by atoms with Gasteiger partial charge in [-0.15, -0.1) is 0 Å². The average Bonchev–Trinajstić information content (AvgIpc) is 2.85. The van der Waals surface area contributed by atoms with E-state index in [9.17, 15) is 31.9 Å². The maximum Gasteiger partial charge on any atom is 0.416 e. The highest BCUT2D eigenvalue weighted by atomic mass is 19.4. The first kappa shape index (κ1) is 27.4. The predicted molar refractivity (Wildman–Crippen MR) is 128 cm³/mol. The Labute approximate surface area is 216 Å². The van der Waals surface area contributed by atoms with Crippen molar-refractivity contribution >= 4 is 17.9 Å². The molecular formula is C26H28F4N4O4. The molecule has 2 aromatic rings. The van der Waals surface area contributed by atoms with Crippen molar-refractivity contribution in [2.45, 2.75) is 51.3 Å². The van der Waals surface area contributed by atoms with E-state index in [0.717, 1.165) is 12.1 Å². The summed E-state index contributed by atoms with van der Waals surface area (Å²) in [5.41, 5.74) is 6.09. The largest absolute Gasteiger partial charge is 0.444 e. The fourth-order valence-electron chi connectivity index (χ4n) is 4.92. The van der Waals surface area contributed by atoms with Crippen molar-refractivity contribution in [1.82, 2.24) is 14.7 Å². The number of nitrogens with zero attached hydrogens (tertiary/aromatic N) is 3. The van der Waals surface area contributed by atoms with Crippen LogP contribution in [-0.4, -0.2) is 64.4 Å². The molecule has 2 fully saturated rings. The van der Waals surface area contributed by atoms with Gasteiger partial charge in [0.2, 0.25) is 11.8 Å². The van der Waals surface area contributed by atoms with E-state index in [1.807, 2.05) is 0 Å². The van der Waals surface area contributed by atoms with E-state index in [1.165, 1.54) is 39.8 Å². The summed E-state index contributed by atoms with van der Waals surface area (Å²) < 4.78 is 58.3. The molecule has 2 saturated heterocycles. The van der Waals surface area contributed by atoms with Gasteiger partial charge in [0, 0.05) is 19.5 Å². The van der Waals surface area contributed by atoms with E-state index in [2.05, 4.69) is 0 Å². The first-order valence-corrected chi connectivity index (χ1v) is 12.1. The minimum atomic E-state index is -4.54. The van der Waals surface area contributed by atoms with Gasteiger partial charge in [-0.1, -0.05) is 23.8 Å². The van der Waals surface area contributed by atoms with Gasteiger partial charge in [-0.05, 0) is 55.3 Å². The Morgan fingerprint density at radius 1 is 1.11 bits per heavy atom. The van der Waals surface area contributed by atoms with Gasteiger partial charge in [0.05, 0.1) is 12.1 Å². The van der Waals surface area contributed by atoms with Crippen LogP contribution >= 0.6 is 0 Å². The van der Waals surface area contributed by atoms with Crippen molar-refractivity contribution in [1.29, 1.82) is 0 Å². The highest BCUT2D eigenvalue weighted by Crippen LogP contribution is 2.31. The van der Waals surface area contributed by atoms with Crippen molar-refractivity contribution in [2.24, 2.45) is 5.73 Å². The monoisotopic (exact) mass is 536 g/mol. The van der Waals surface area contributed by atoms with E-state index in [0.29, 0.717) is 11.1 Å². The summed E-state index contributed by atoms with van der Waals surface area (Å²) in [5, 5.41) is 0. The van der Waals surface area contributed by atoms with E-state index in [1.54, 1.807) is 12.1 Å². The number of aryl methyl sites for hydroxylation is 1. The van der Waals surface area contributed by atoms with E-state index in [4.69, 9.17) is 10.5 Å². The molecule has 0 saturated carbocycles. The van der Waals surface area contributed by atoms with Gasteiger partial charge in [0.15, 0.2) is 0 Å². The van der Waals surface area contributed by atoms with Crippen LogP contribution in [-0.2, 0) is 33.7 Å². The van der Waals surface area contributed by atoms with E-state index < -0.39 is 42.5 Å². The number of piperazine rings is 1. The van der Waals surface area contributed by atoms with Gasteiger partial charge in [-0.3, -0.25) is 14.5 Å². The maximum absolute atomic E-state index is 13.4. The molecule has 2 heterocycles. The smallest absolute Gasteiger partial charge is 0.416 e. The third-order valence-electron chi connectivity index (χ3n) is 6.64. The van der Waals surface area contributed by atoms with Gasteiger partial charge in [-0.25, -0.2) is 9.18 Å². The Balaban J connectivity index is 1.54. The minimum Gasteiger partial charge on any atom is -0.444 e. The van der Waals surface area contributed by atoms with Crippen LogP contribution in [0.5, 0.6) is 0 Å². The Bertz CT molecular complexity index is 1200. The summed E-state index contributed by atoms with van der Waals surface area (Å²) in [6, 6.07) is 8.17. The van der Waals surface area contributed by atoms with Crippen molar-refractivity contribution < 1.29 is 36.7 Å². The summed E-state index contributed by atoms with van der Waals surface area (Å²) in [7, 11) is 0. The first-order chi connectivity index (χ1) is 18.0. The number of hydrogen-bond acceptors (Lipinski definition) is 5. The van der Waals surface area contributed by atoms with Gasteiger partial charge in [-0.2, -0.15) is 13.2 Å². The van der Waals surface area contributed by atoms with Gasteiger partial charge in [0.25, 0.3) is 0 Å². The molecule has 2 atom stereocenters. The molecule has 0 aromatic heterocycles. The molecule has 0 aliphatic carbocycles. The number of nitrogens with two attached hydrogens (primary N) is 1. The number of amides is 3. The van der Waals surface area contributed by atoms with Crippen LogP contribution in [0.2, 0.25) is 0 Å². The van der Waals surface area contributed by atoms with E-state index >= 15 is 0 Å². The number of carbonyl (C=O) groups is 3. The van der Waals surface area contributed by atoms with Crippen LogP contribution in [0.4, 0.5) is 22.4 Å². The van der Waals surface area contributed by atoms with Gasteiger partial charge in [0.1, 0.15) is 24.6 Å². The molecule has 2 aromatic carbocycles. The number of hydrogen-bond donors (Lipinski definition) is 1. The second-order valence-corrected chi connectivity index (χ2v) is 9.42. The molecule has 8 nitrogen and oxygen atoms in total. The Hall–Kier alpha value is -3.67. The molecule has 4 rings (SSSR count). The zero-order valence-electron chi connectivity index (χ0n) is 20.7. The molecule has 0 bridgehead atoms. The van der Waals surface area contributed by atoms with Crippen LogP contribution in [0, 0.1) is 12.7 Å². The highest BCUT2D eigenvalue weighted by Gasteiger charge is 2.48. The number of benzene rings is 2. The fourth-order valence-corrected chi connectivity index (χ4v) is 4.92. The molecule has 2 aliphatic heterocycles. The van der Waals surface area contributed by atoms with Crippen LogP contribution in [0.25, 0.3) is 0 Å². The number of ether oxygens (including phenoxy) is 1. The SMILES string of the molecule is Cc1cc(COC(=O)N2CCC(=O)N3[C@@H]2CN(Cc2ccc(F)cc2)C(=O)[C@@H]3CCN)cc(C(F)(F)F)c1. The summed E-state index contributed by atoms with van der Waals surface area (Å²) in [4.78, 5) is 43.4. The van der Waals surface area contributed by atoms with Gasteiger partial charge < -0.3 is 20.3 Å². The number of alkyl halides is 3. The van der Waals surface area contributed by atoms with Gasteiger partial charge >= 0.3 is 12.3 Å². The number of rotatable bonds is 6. The molecule has 2 aliphatic rings. The third kappa shape index (κ3) is 5.90. The lowest BCUT2D eigenvalue weighted by atomic mass is 10.0.